The number of fused-ring (bicyclic) bond motifs is 2. The van der Waals surface area contributed by atoms with E-state index in [2.05, 4.69) is 13.8 Å². The molecule has 2 saturated carbocycles. The van der Waals surface area contributed by atoms with E-state index in [0.717, 1.165) is 23.6 Å². The molecule has 0 aromatic heterocycles. The zero-order valence-electron chi connectivity index (χ0n) is 8.85. The molecule has 0 saturated heterocycles. The summed E-state index contributed by atoms with van der Waals surface area (Å²) >= 11 is 6.23. The summed E-state index contributed by atoms with van der Waals surface area (Å²) in [6, 6.07) is 0. The molecule has 2 fully saturated rings. The van der Waals surface area contributed by atoms with Gasteiger partial charge >= 0.3 is 0 Å². The van der Waals surface area contributed by atoms with E-state index in [4.69, 9.17) is 11.6 Å². The third-order valence-corrected chi connectivity index (χ3v) is 5.36. The van der Waals surface area contributed by atoms with Gasteiger partial charge in [0.25, 0.3) is 0 Å². The van der Waals surface area contributed by atoms with Crippen molar-refractivity contribution in [1.29, 1.82) is 0 Å². The number of hydrogen-bond acceptors (Lipinski definition) is 0. The van der Waals surface area contributed by atoms with Crippen LogP contribution in [0, 0.1) is 23.2 Å². The highest BCUT2D eigenvalue weighted by Crippen LogP contribution is 2.60. The van der Waals surface area contributed by atoms with Gasteiger partial charge in [-0.05, 0) is 42.4 Å². The lowest BCUT2D eigenvalue weighted by Gasteiger charge is -2.41. The van der Waals surface area contributed by atoms with Gasteiger partial charge < -0.3 is 0 Å². The second-order valence-electron chi connectivity index (χ2n) is 5.26. The smallest absolute Gasteiger partial charge is 0.0285 e. The topological polar surface area (TPSA) is 0 Å². The van der Waals surface area contributed by atoms with Gasteiger partial charge in [0.2, 0.25) is 0 Å². The van der Waals surface area contributed by atoms with Crippen LogP contribution in [0.2, 0.25) is 0 Å². The van der Waals surface area contributed by atoms with Crippen LogP contribution >= 0.6 is 11.6 Å². The maximum Gasteiger partial charge on any atom is 0.0285 e. The highest BCUT2D eigenvalue weighted by atomic mass is 35.5. The molecule has 0 aliphatic heterocycles. The molecule has 13 heavy (non-hydrogen) atoms. The van der Waals surface area contributed by atoms with Crippen molar-refractivity contribution in [2.45, 2.75) is 46.0 Å². The molecule has 2 aliphatic rings. The Morgan fingerprint density at radius 2 is 2.23 bits per heavy atom. The van der Waals surface area contributed by atoms with Crippen LogP contribution in [0.3, 0.4) is 0 Å². The standard InChI is InChI=1S/C12H21Cl/c1-3-9(2)12(8-13)7-10-4-5-11(12)6-10/h9-11H,3-8H2,1-2H3. The molecule has 0 N–H and O–H groups in total. The fourth-order valence-electron chi connectivity index (χ4n) is 3.79. The van der Waals surface area contributed by atoms with Gasteiger partial charge in [-0.3, -0.25) is 0 Å². The molecule has 2 rings (SSSR count). The highest BCUT2D eigenvalue weighted by Gasteiger charge is 2.52. The summed E-state index contributed by atoms with van der Waals surface area (Å²) in [4.78, 5) is 0. The Balaban J connectivity index is 2.16. The summed E-state index contributed by atoms with van der Waals surface area (Å²) in [5, 5.41) is 0. The summed E-state index contributed by atoms with van der Waals surface area (Å²) in [7, 11) is 0. The largest absolute Gasteiger partial charge is 0.126 e. The Morgan fingerprint density at radius 3 is 2.62 bits per heavy atom. The van der Waals surface area contributed by atoms with Crippen molar-refractivity contribution in [3.05, 3.63) is 0 Å². The Bertz CT molecular complexity index is 190. The predicted molar refractivity (Wildman–Crippen MR) is 58.1 cm³/mol. The van der Waals surface area contributed by atoms with Crippen LogP contribution in [0.4, 0.5) is 0 Å². The van der Waals surface area contributed by atoms with Gasteiger partial charge in [-0.1, -0.05) is 26.7 Å². The minimum absolute atomic E-state index is 0.527. The summed E-state index contributed by atoms with van der Waals surface area (Å²) in [6.07, 6.45) is 7.16. The van der Waals surface area contributed by atoms with E-state index < -0.39 is 0 Å². The van der Waals surface area contributed by atoms with Gasteiger partial charge in [-0.15, -0.1) is 11.6 Å². The van der Waals surface area contributed by atoms with E-state index in [-0.39, 0.29) is 0 Å². The van der Waals surface area contributed by atoms with E-state index in [0.29, 0.717) is 5.41 Å². The second kappa shape index (κ2) is 3.46. The summed E-state index contributed by atoms with van der Waals surface area (Å²) < 4.78 is 0. The molecule has 0 amide bonds. The van der Waals surface area contributed by atoms with E-state index in [1.807, 2.05) is 0 Å². The van der Waals surface area contributed by atoms with Crippen LogP contribution in [0.5, 0.6) is 0 Å². The highest BCUT2D eigenvalue weighted by molar-refractivity contribution is 6.18. The van der Waals surface area contributed by atoms with Crippen molar-refractivity contribution >= 4 is 11.6 Å². The van der Waals surface area contributed by atoms with Gasteiger partial charge in [-0.25, -0.2) is 0 Å². The van der Waals surface area contributed by atoms with Crippen molar-refractivity contribution < 1.29 is 0 Å². The second-order valence-corrected chi connectivity index (χ2v) is 5.52. The minimum atomic E-state index is 0.527. The van der Waals surface area contributed by atoms with Crippen molar-refractivity contribution in [2.75, 3.05) is 5.88 Å². The molecule has 2 aliphatic carbocycles. The molecule has 0 nitrogen and oxygen atoms in total. The van der Waals surface area contributed by atoms with E-state index in [1.54, 1.807) is 0 Å². The third kappa shape index (κ3) is 1.33. The molecule has 2 bridgehead atoms. The summed E-state index contributed by atoms with van der Waals surface area (Å²) in [5.41, 5.74) is 0.527. The Morgan fingerprint density at radius 1 is 1.46 bits per heavy atom. The van der Waals surface area contributed by atoms with Gasteiger partial charge in [0, 0.05) is 5.88 Å². The molecule has 1 heteroatoms. The normalized spacial score (nSPS) is 45.5. The molecule has 0 aromatic carbocycles. The maximum absolute atomic E-state index is 6.23. The Labute approximate surface area is 87.0 Å². The summed E-state index contributed by atoms with van der Waals surface area (Å²) in [5.74, 6) is 3.73. The fraction of sp³-hybridized carbons (Fsp3) is 1.00. The molecule has 0 heterocycles. The number of hydrogen-bond donors (Lipinski definition) is 0. The number of alkyl halides is 1. The van der Waals surface area contributed by atoms with Gasteiger partial charge in [0.1, 0.15) is 0 Å². The van der Waals surface area contributed by atoms with Crippen LogP contribution < -0.4 is 0 Å². The quantitative estimate of drug-likeness (QED) is 0.603. The average Bonchev–Trinajstić information content (AvgIpc) is 2.75. The predicted octanol–water partition coefficient (Wildman–Crippen LogP) is 4.08. The molecular formula is C12H21Cl. The zero-order chi connectivity index (χ0) is 9.47. The van der Waals surface area contributed by atoms with Crippen LogP contribution in [-0.2, 0) is 0 Å². The maximum atomic E-state index is 6.23. The zero-order valence-corrected chi connectivity index (χ0v) is 9.61. The van der Waals surface area contributed by atoms with Crippen molar-refractivity contribution in [3.8, 4) is 0 Å². The van der Waals surface area contributed by atoms with Crippen LogP contribution in [0.1, 0.15) is 46.0 Å². The van der Waals surface area contributed by atoms with Crippen LogP contribution in [-0.4, -0.2) is 5.88 Å². The first-order chi connectivity index (χ1) is 6.23. The first kappa shape index (κ1) is 9.83. The van der Waals surface area contributed by atoms with Crippen LogP contribution in [0.15, 0.2) is 0 Å². The monoisotopic (exact) mass is 200 g/mol. The molecule has 0 aromatic rings. The minimum Gasteiger partial charge on any atom is -0.126 e. The van der Waals surface area contributed by atoms with Gasteiger partial charge in [-0.2, -0.15) is 0 Å². The molecule has 0 spiro atoms. The van der Waals surface area contributed by atoms with E-state index in [1.165, 1.54) is 32.1 Å². The molecule has 4 unspecified atom stereocenters. The van der Waals surface area contributed by atoms with Gasteiger partial charge in [0.05, 0.1) is 0 Å². The Kier molecular flexibility index (Phi) is 2.61. The van der Waals surface area contributed by atoms with Crippen molar-refractivity contribution in [3.63, 3.8) is 0 Å². The fourth-order valence-corrected chi connectivity index (χ4v) is 4.38. The number of rotatable bonds is 3. The Hall–Kier alpha value is 0.290. The molecule has 0 radical (unpaired) electrons. The van der Waals surface area contributed by atoms with Gasteiger partial charge in [0.15, 0.2) is 0 Å². The van der Waals surface area contributed by atoms with Crippen LogP contribution in [0.25, 0.3) is 0 Å². The SMILES string of the molecule is CCC(C)C1(CCl)CC2CCC1C2. The molecule has 4 atom stereocenters. The molecule has 76 valence electrons. The lowest BCUT2D eigenvalue weighted by atomic mass is 9.66. The van der Waals surface area contributed by atoms with E-state index in [9.17, 15) is 0 Å². The first-order valence-corrected chi connectivity index (χ1v) is 6.32. The number of halogens is 1. The lowest BCUT2D eigenvalue weighted by molar-refractivity contribution is 0.109. The average molecular weight is 201 g/mol. The first-order valence-electron chi connectivity index (χ1n) is 5.79. The summed E-state index contributed by atoms with van der Waals surface area (Å²) in [6.45, 7) is 4.72. The third-order valence-electron chi connectivity index (χ3n) is 4.87. The van der Waals surface area contributed by atoms with E-state index >= 15 is 0 Å². The lowest BCUT2D eigenvalue weighted by Crippen LogP contribution is -2.36. The van der Waals surface area contributed by atoms with Crippen molar-refractivity contribution in [2.24, 2.45) is 23.2 Å². The molecular weight excluding hydrogens is 180 g/mol. The van der Waals surface area contributed by atoms with Crippen molar-refractivity contribution in [1.82, 2.24) is 0 Å².